The molecule has 0 aromatic carbocycles. The Morgan fingerprint density at radius 3 is 2.69 bits per heavy atom. The summed E-state index contributed by atoms with van der Waals surface area (Å²) in [5.74, 6) is 1.20. The van der Waals surface area contributed by atoms with Crippen molar-refractivity contribution in [2.45, 2.75) is 37.4 Å². The van der Waals surface area contributed by atoms with E-state index in [1.54, 1.807) is 11.8 Å². The monoisotopic (exact) mass is 388 g/mol. The van der Waals surface area contributed by atoms with Crippen molar-refractivity contribution >= 4 is 23.3 Å². The average Bonchev–Trinajstić information content (AvgIpc) is 3.32. The molecule has 0 unspecified atom stereocenters. The second-order valence-electron chi connectivity index (χ2n) is 6.45. The molecule has 0 atom stereocenters. The van der Waals surface area contributed by atoms with E-state index in [1.807, 2.05) is 31.6 Å². The molecular formula is C17H20N6OS2. The first-order valence-corrected chi connectivity index (χ1v) is 10.6. The zero-order valence-electron chi connectivity index (χ0n) is 14.8. The van der Waals surface area contributed by atoms with E-state index in [2.05, 4.69) is 29.6 Å². The lowest BCUT2D eigenvalue weighted by atomic mass is 9.92. The molecule has 4 heterocycles. The van der Waals surface area contributed by atoms with Crippen LogP contribution < -0.4 is 0 Å². The van der Waals surface area contributed by atoms with Gasteiger partial charge in [-0.2, -0.15) is 0 Å². The van der Waals surface area contributed by atoms with E-state index in [9.17, 15) is 0 Å². The van der Waals surface area contributed by atoms with Crippen LogP contribution >= 0.6 is 23.3 Å². The fourth-order valence-corrected chi connectivity index (χ4v) is 4.27. The number of aromatic nitrogens is 5. The maximum atomic E-state index is 5.41. The first kappa shape index (κ1) is 17.6. The van der Waals surface area contributed by atoms with Gasteiger partial charge in [0.05, 0.1) is 11.4 Å². The van der Waals surface area contributed by atoms with Gasteiger partial charge in [-0.25, -0.2) is 9.97 Å². The number of hydrogen-bond acceptors (Lipinski definition) is 9. The van der Waals surface area contributed by atoms with Crippen LogP contribution in [-0.4, -0.2) is 49.0 Å². The van der Waals surface area contributed by atoms with Crippen LogP contribution in [0.15, 0.2) is 28.1 Å². The van der Waals surface area contributed by atoms with Crippen LogP contribution in [0.4, 0.5) is 0 Å². The zero-order chi connectivity index (χ0) is 17.9. The first-order valence-electron chi connectivity index (χ1n) is 8.56. The summed E-state index contributed by atoms with van der Waals surface area (Å²) in [6.45, 7) is 4.88. The van der Waals surface area contributed by atoms with Crippen molar-refractivity contribution in [3.63, 3.8) is 0 Å². The Balaban J connectivity index is 1.39. The van der Waals surface area contributed by atoms with Crippen molar-refractivity contribution in [1.82, 2.24) is 29.6 Å². The summed E-state index contributed by atoms with van der Waals surface area (Å²) in [6, 6.07) is 1.95. The van der Waals surface area contributed by atoms with Crippen molar-refractivity contribution < 1.29 is 4.52 Å². The average molecular weight is 389 g/mol. The van der Waals surface area contributed by atoms with Crippen LogP contribution in [0.3, 0.4) is 0 Å². The highest BCUT2D eigenvalue weighted by atomic mass is 32.2. The summed E-state index contributed by atoms with van der Waals surface area (Å²) < 4.78 is 9.57. The molecule has 136 valence electrons. The van der Waals surface area contributed by atoms with E-state index < -0.39 is 0 Å². The SMILES string of the molecule is CSc1ncc(CN2CCC(c3nnsc3-c3cc(C)no3)CC2)cn1. The standard InChI is InChI=1S/C17H20N6OS2/c1-11-7-14(24-21-11)16-15(20-22-26-16)13-3-5-23(6-4-13)10-12-8-18-17(25-2)19-9-12/h7-9,13H,3-6,10H2,1-2H3. The zero-order valence-corrected chi connectivity index (χ0v) is 16.4. The van der Waals surface area contributed by atoms with Crippen molar-refractivity contribution in [2.24, 2.45) is 0 Å². The number of hydrogen-bond donors (Lipinski definition) is 0. The summed E-state index contributed by atoms with van der Waals surface area (Å²) in [7, 11) is 0. The van der Waals surface area contributed by atoms with E-state index in [0.29, 0.717) is 5.92 Å². The molecule has 9 heteroatoms. The molecular weight excluding hydrogens is 368 g/mol. The third-order valence-electron chi connectivity index (χ3n) is 4.61. The normalized spacial score (nSPS) is 16.2. The van der Waals surface area contributed by atoms with E-state index >= 15 is 0 Å². The smallest absolute Gasteiger partial charge is 0.187 e. The molecule has 1 aliphatic rings. The van der Waals surface area contributed by atoms with Gasteiger partial charge in [-0.15, -0.1) is 5.10 Å². The Hall–Kier alpha value is -1.84. The fourth-order valence-electron chi connectivity index (χ4n) is 3.26. The molecule has 0 spiro atoms. The maximum Gasteiger partial charge on any atom is 0.187 e. The second-order valence-corrected chi connectivity index (χ2v) is 7.98. The van der Waals surface area contributed by atoms with Crippen LogP contribution in [-0.2, 0) is 6.54 Å². The summed E-state index contributed by atoms with van der Waals surface area (Å²) >= 11 is 2.95. The van der Waals surface area contributed by atoms with E-state index in [-0.39, 0.29) is 0 Å². The number of piperidine rings is 1. The number of thioether (sulfide) groups is 1. The molecule has 4 rings (SSSR count). The number of nitrogens with zero attached hydrogens (tertiary/aromatic N) is 6. The predicted molar refractivity (Wildman–Crippen MR) is 101 cm³/mol. The van der Waals surface area contributed by atoms with Gasteiger partial charge in [0.1, 0.15) is 4.88 Å². The van der Waals surface area contributed by atoms with Gasteiger partial charge < -0.3 is 4.52 Å². The Kier molecular flexibility index (Phi) is 5.28. The summed E-state index contributed by atoms with van der Waals surface area (Å²) in [5, 5.41) is 9.20. The van der Waals surface area contributed by atoms with Gasteiger partial charge in [-0.1, -0.05) is 21.4 Å². The lowest BCUT2D eigenvalue weighted by Gasteiger charge is -2.31. The molecule has 0 saturated carbocycles. The minimum atomic E-state index is 0.417. The van der Waals surface area contributed by atoms with Crippen LogP contribution in [0.1, 0.15) is 35.7 Å². The first-order chi connectivity index (χ1) is 12.7. The topological polar surface area (TPSA) is 80.8 Å². The summed E-state index contributed by atoms with van der Waals surface area (Å²) in [6.07, 6.45) is 7.98. The molecule has 7 nitrogen and oxygen atoms in total. The highest BCUT2D eigenvalue weighted by Gasteiger charge is 2.27. The molecule has 0 amide bonds. The minimum absolute atomic E-state index is 0.417. The van der Waals surface area contributed by atoms with Gasteiger partial charge in [0.25, 0.3) is 0 Å². The number of aryl methyl sites for hydroxylation is 1. The maximum absolute atomic E-state index is 5.41. The van der Waals surface area contributed by atoms with Crippen LogP contribution in [0.2, 0.25) is 0 Å². The number of rotatable bonds is 5. The minimum Gasteiger partial charge on any atom is -0.355 e. The van der Waals surface area contributed by atoms with Crippen molar-refractivity contribution in [3.05, 3.63) is 35.4 Å². The molecule has 1 saturated heterocycles. The molecule has 0 aliphatic carbocycles. The molecule has 0 bridgehead atoms. The Labute approximate surface area is 160 Å². The number of likely N-dealkylation sites (tertiary alicyclic amines) is 1. The van der Waals surface area contributed by atoms with E-state index in [0.717, 1.165) is 65.2 Å². The third kappa shape index (κ3) is 3.79. The van der Waals surface area contributed by atoms with Gasteiger partial charge in [0.2, 0.25) is 0 Å². The van der Waals surface area contributed by atoms with Crippen LogP contribution in [0.25, 0.3) is 10.6 Å². The molecule has 26 heavy (non-hydrogen) atoms. The molecule has 1 aliphatic heterocycles. The molecule has 3 aromatic rings. The largest absolute Gasteiger partial charge is 0.355 e. The highest BCUT2D eigenvalue weighted by Crippen LogP contribution is 2.36. The van der Waals surface area contributed by atoms with Crippen molar-refractivity contribution in [2.75, 3.05) is 19.3 Å². The van der Waals surface area contributed by atoms with Gasteiger partial charge >= 0.3 is 0 Å². The molecule has 0 N–H and O–H groups in total. The molecule has 3 aromatic heterocycles. The van der Waals surface area contributed by atoms with Crippen LogP contribution in [0, 0.1) is 6.92 Å². The predicted octanol–water partition coefficient (Wildman–Crippen LogP) is 3.39. The third-order valence-corrected chi connectivity index (χ3v) is 5.94. The Bertz CT molecular complexity index is 854. The lowest BCUT2D eigenvalue weighted by Crippen LogP contribution is -2.32. The summed E-state index contributed by atoms with van der Waals surface area (Å²) in [4.78, 5) is 12.2. The Morgan fingerprint density at radius 2 is 2.04 bits per heavy atom. The van der Waals surface area contributed by atoms with Gasteiger partial charge in [-0.05, 0) is 50.6 Å². The lowest BCUT2D eigenvalue weighted by molar-refractivity contribution is 0.203. The quantitative estimate of drug-likeness (QED) is 0.486. The fraction of sp³-hybridized carbons (Fsp3) is 0.471. The molecule has 0 radical (unpaired) electrons. The van der Waals surface area contributed by atoms with Crippen molar-refractivity contribution in [3.8, 4) is 10.6 Å². The van der Waals surface area contributed by atoms with Gasteiger partial charge in [0.15, 0.2) is 10.9 Å². The van der Waals surface area contributed by atoms with Crippen molar-refractivity contribution in [1.29, 1.82) is 0 Å². The van der Waals surface area contributed by atoms with E-state index in [1.165, 1.54) is 11.5 Å². The summed E-state index contributed by atoms with van der Waals surface area (Å²) in [5.41, 5.74) is 3.09. The molecule has 1 fully saturated rings. The highest BCUT2D eigenvalue weighted by molar-refractivity contribution is 7.98. The van der Waals surface area contributed by atoms with Gasteiger partial charge in [-0.3, -0.25) is 4.90 Å². The van der Waals surface area contributed by atoms with Gasteiger partial charge in [0, 0.05) is 36.5 Å². The van der Waals surface area contributed by atoms with Crippen LogP contribution in [0.5, 0.6) is 0 Å². The Morgan fingerprint density at radius 1 is 1.27 bits per heavy atom. The second kappa shape index (κ2) is 7.81. The van der Waals surface area contributed by atoms with E-state index in [4.69, 9.17) is 4.52 Å².